The van der Waals surface area contributed by atoms with Crippen molar-refractivity contribution in [1.29, 1.82) is 0 Å². The molecule has 25 heavy (non-hydrogen) atoms. The van der Waals surface area contributed by atoms with E-state index in [1.54, 1.807) is 0 Å². The van der Waals surface area contributed by atoms with Gasteiger partial charge in [-0.2, -0.15) is 4.68 Å². The number of aromatic amines is 1. The second-order valence-electron chi connectivity index (χ2n) is 6.75. The molecule has 0 bridgehead atoms. The zero-order valence-corrected chi connectivity index (χ0v) is 14.1. The molecule has 1 heterocycles. The van der Waals surface area contributed by atoms with E-state index in [0.29, 0.717) is 5.69 Å². The van der Waals surface area contributed by atoms with Crippen LogP contribution in [0.4, 0.5) is 0 Å². The van der Waals surface area contributed by atoms with Crippen molar-refractivity contribution in [2.45, 2.75) is 38.2 Å². The molecule has 0 radical (unpaired) electrons. The maximum atomic E-state index is 11.6. The molecule has 1 aliphatic carbocycles. The van der Waals surface area contributed by atoms with Crippen LogP contribution in [0.1, 0.15) is 36.8 Å². The van der Waals surface area contributed by atoms with Gasteiger partial charge >= 0.3 is 5.69 Å². The zero-order valence-electron chi connectivity index (χ0n) is 14.1. The lowest BCUT2D eigenvalue weighted by atomic mass is 9.85. The predicted molar refractivity (Wildman–Crippen MR) is 94.5 cm³/mol. The molecule has 4 rings (SSSR count). The molecule has 6 nitrogen and oxygen atoms in total. The molecule has 2 N–H and O–H groups in total. The molecule has 3 aromatic rings. The van der Waals surface area contributed by atoms with Crippen LogP contribution >= 0.6 is 0 Å². The van der Waals surface area contributed by atoms with Crippen molar-refractivity contribution < 1.29 is 5.11 Å². The Balaban J connectivity index is 1.78. The maximum Gasteiger partial charge on any atom is 0.365 e. The summed E-state index contributed by atoms with van der Waals surface area (Å²) in [5.41, 5.74) is 3.73. The Labute approximate surface area is 145 Å². The average Bonchev–Trinajstić information content (AvgIpc) is 3.24. The highest BCUT2D eigenvalue weighted by molar-refractivity contribution is 5.70. The van der Waals surface area contributed by atoms with E-state index >= 15 is 0 Å². The van der Waals surface area contributed by atoms with E-state index in [0.717, 1.165) is 47.9 Å². The Morgan fingerprint density at radius 2 is 1.84 bits per heavy atom. The van der Waals surface area contributed by atoms with Crippen LogP contribution in [0.3, 0.4) is 0 Å². The largest absolute Gasteiger partial charge is 0.385 e. The van der Waals surface area contributed by atoms with Crippen LogP contribution in [0.25, 0.3) is 16.8 Å². The van der Waals surface area contributed by atoms with E-state index in [9.17, 15) is 9.90 Å². The first-order valence-electron chi connectivity index (χ1n) is 8.52. The number of nitrogens with one attached hydrogen (secondary N) is 1. The summed E-state index contributed by atoms with van der Waals surface area (Å²) in [6.07, 6.45) is 3.71. The van der Waals surface area contributed by atoms with E-state index in [2.05, 4.69) is 34.6 Å². The van der Waals surface area contributed by atoms with E-state index in [1.807, 2.05) is 30.3 Å². The van der Waals surface area contributed by atoms with Gasteiger partial charge in [0.2, 0.25) is 0 Å². The van der Waals surface area contributed by atoms with Gasteiger partial charge in [0.25, 0.3) is 0 Å². The molecule has 1 aliphatic rings. The lowest BCUT2D eigenvalue weighted by molar-refractivity contribution is 0.0450. The van der Waals surface area contributed by atoms with Gasteiger partial charge in [0, 0.05) is 0 Å². The molecule has 128 valence electrons. The summed E-state index contributed by atoms with van der Waals surface area (Å²) in [6, 6.07) is 13.8. The second kappa shape index (κ2) is 5.97. The van der Waals surface area contributed by atoms with E-state index < -0.39 is 5.60 Å². The Morgan fingerprint density at radius 3 is 2.48 bits per heavy atom. The van der Waals surface area contributed by atoms with E-state index in [4.69, 9.17) is 0 Å². The van der Waals surface area contributed by atoms with Gasteiger partial charge in [0.1, 0.15) is 0 Å². The molecule has 0 unspecified atom stereocenters. The van der Waals surface area contributed by atoms with Crippen LogP contribution in [0.2, 0.25) is 0 Å². The van der Waals surface area contributed by atoms with Crippen LogP contribution in [0.5, 0.6) is 0 Å². The number of hydrogen-bond donors (Lipinski definition) is 2. The van der Waals surface area contributed by atoms with Crippen LogP contribution in [0.15, 0.2) is 47.3 Å². The SMILES string of the molecule is Cc1ccc(C2(O)CCCC2)c(-c2ccc(-n3nn[nH]c3=O)cc2)c1. The van der Waals surface area contributed by atoms with Crippen LogP contribution in [0, 0.1) is 6.92 Å². The minimum absolute atomic E-state index is 0.371. The Morgan fingerprint density at radius 1 is 1.12 bits per heavy atom. The summed E-state index contributed by atoms with van der Waals surface area (Å²) in [5, 5.41) is 20.6. The van der Waals surface area contributed by atoms with Crippen molar-refractivity contribution in [3.05, 3.63) is 64.1 Å². The summed E-state index contributed by atoms with van der Waals surface area (Å²) < 4.78 is 1.21. The summed E-state index contributed by atoms with van der Waals surface area (Å²) in [4.78, 5) is 11.6. The van der Waals surface area contributed by atoms with Gasteiger partial charge in [-0.05, 0) is 59.0 Å². The molecule has 0 atom stereocenters. The van der Waals surface area contributed by atoms with Crippen molar-refractivity contribution in [3.63, 3.8) is 0 Å². The fourth-order valence-corrected chi connectivity index (χ4v) is 3.68. The highest BCUT2D eigenvalue weighted by Crippen LogP contribution is 2.43. The quantitative estimate of drug-likeness (QED) is 0.770. The molecule has 1 aromatic heterocycles. The number of aromatic nitrogens is 4. The van der Waals surface area contributed by atoms with Gasteiger partial charge < -0.3 is 5.11 Å². The first-order valence-corrected chi connectivity index (χ1v) is 8.52. The Hall–Kier alpha value is -2.73. The highest BCUT2D eigenvalue weighted by atomic mass is 16.3. The predicted octanol–water partition coefficient (Wildman–Crippen LogP) is 2.69. The normalized spacial score (nSPS) is 16.2. The number of hydrogen-bond acceptors (Lipinski definition) is 4. The minimum Gasteiger partial charge on any atom is -0.385 e. The molecule has 1 saturated carbocycles. The van der Waals surface area contributed by atoms with Crippen molar-refractivity contribution in [3.8, 4) is 16.8 Å². The van der Waals surface area contributed by atoms with Crippen LogP contribution in [-0.2, 0) is 5.60 Å². The van der Waals surface area contributed by atoms with Crippen LogP contribution < -0.4 is 5.69 Å². The number of aliphatic hydroxyl groups is 1. The number of rotatable bonds is 3. The van der Waals surface area contributed by atoms with Crippen molar-refractivity contribution in [2.75, 3.05) is 0 Å². The molecule has 6 heteroatoms. The number of H-pyrrole nitrogens is 1. The highest BCUT2D eigenvalue weighted by Gasteiger charge is 2.34. The van der Waals surface area contributed by atoms with E-state index in [-0.39, 0.29) is 5.69 Å². The van der Waals surface area contributed by atoms with Crippen molar-refractivity contribution >= 4 is 0 Å². The number of benzene rings is 2. The van der Waals surface area contributed by atoms with E-state index in [1.165, 1.54) is 4.68 Å². The first kappa shape index (κ1) is 15.8. The summed E-state index contributed by atoms with van der Waals surface area (Å²) in [5.74, 6) is 0. The van der Waals surface area contributed by atoms with Gasteiger partial charge in [-0.3, -0.25) is 0 Å². The molecule has 0 spiro atoms. The summed E-state index contributed by atoms with van der Waals surface area (Å²) in [7, 11) is 0. The van der Waals surface area contributed by atoms with Gasteiger partial charge in [0.15, 0.2) is 0 Å². The third-order valence-corrected chi connectivity index (χ3v) is 5.00. The third-order valence-electron chi connectivity index (χ3n) is 5.00. The number of tetrazole rings is 1. The fourth-order valence-electron chi connectivity index (χ4n) is 3.68. The standard InChI is InChI=1S/C19H20N4O2/c1-13-4-9-17(19(25)10-2-3-11-19)16(12-13)14-5-7-15(8-6-14)23-18(24)20-21-22-23/h4-9,12,25H,2-3,10-11H2,1H3,(H,20,22,24). The van der Waals surface area contributed by atoms with Crippen molar-refractivity contribution in [1.82, 2.24) is 20.2 Å². The smallest absolute Gasteiger partial charge is 0.365 e. The second-order valence-corrected chi connectivity index (χ2v) is 6.75. The molecular weight excluding hydrogens is 316 g/mol. The monoisotopic (exact) mass is 336 g/mol. The minimum atomic E-state index is -0.745. The lowest BCUT2D eigenvalue weighted by Crippen LogP contribution is -2.22. The maximum absolute atomic E-state index is 11.6. The lowest BCUT2D eigenvalue weighted by Gasteiger charge is -2.26. The third kappa shape index (κ3) is 2.78. The van der Waals surface area contributed by atoms with Crippen LogP contribution in [-0.4, -0.2) is 25.3 Å². The number of nitrogens with zero attached hydrogens (tertiary/aromatic N) is 3. The fraction of sp³-hybridized carbons (Fsp3) is 0.316. The Kier molecular flexibility index (Phi) is 3.77. The van der Waals surface area contributed by atoms with Gasteiger partial charge in [-0.1, -0.05) is 48.7 Å². The zero-order chi connectivity index (χ0) is 17.4. The van der Waals surface area contributed by atoms with Gasteiger partial charge in [-0.25, -0.2) is 9.89 Å². The van der Waals surface area contributed by atoms with Crippen molar-refractivity contribution in [2.24, 2.45) is 0 Å². The topological polar surface area (TPSA) is 83.8 Å². The molecule has 0 aliphatic heterocycles. The Bertz CT molecular complexity index is 950. The average molecular weight is 336 g/mol. The summed E-state index contributed by atoms with van der Waals surface area (Å²) >= 11 is 0. The van der Waals surface area contributed by atoms with Gasteiger partial charge in [0.05, 0.1) is 11.3 Å². The first-order chi connectivity index (χ1) is 12.1. The molecule has 2 aromatic carbocycles. The molecular formula is C19H20N4O2. The molecule has 1 fully saturated rings. The number of aryl methyl sites for hydroxylation is 1. The molecule has 0 saturated heterocycles. The van der Waals surface area contributed by atoms with Gasteiger partial charge in [-0.15, -0.1) is 0 Å². The summed E-state index contributed by atoms with van der Waals surface area (Å²) in [6.45, 7) is 2.05. The molecule has 0 amide bonds.